The van der Waals surface area contributed by atoms with E-state index in [0.29, 0.717) is 0 Å². The Balaban J connectivity index is 2.46. The van der Waals surface area contributed by atoms with Gasteiger partial charge in [0.15, 0.2) is 0 Å². The molecule has 0 aliphatic rings. The van der Waals surface area contributed by atoms with Crippen molar-refractivity contribution < 1.29 is 4.39 Å². The van der Waals surface area contributed by atoms with E-state index in [4.69, 9.17) is 0 Å². The zero-order valence-electron chi connectivity index (χ0n) is 7.24. The molecule has 0 amide bonds. The molecule has 2 rings (SSSR count). The van der Waals surface area contributed by atoms with Crippen molar-refractivity contribution in [2.24, 2.45) is 7.05 Å². The van der Waals surface area contributed by atoms with Gasteiger partial charge in [-0.3, -0.25) is 4.68 Å². The molecule has 0 N–H and O–H groups in total. The highest BCUT2D eigenvalue weighted by atomic mass is 19.1. The maximum Gasteiger partial charge on any atom is 0.123 e. The number of rotatable bonds is 1. The van der Waals surface area contributed by atoms with E-state index in [1.54, 1.807) is 10.7 Å². The molecule has 0 unspecified atom stereocenters. The van der Waals surface area contributed by atoms with E-state index in [0.717, 1.165) is 11.3 Å². The van der Waals surface area contributed by atoms with Gasteiger partial charge >= 0.3 is 0 Å². The molecule has 0 radical (unpaired) electrons. The molecule has 2 aromatic rings. The lowest BCUT2D eigenvalue weighted by molar-refractivity contribution is 0.628. The molecule has 0 fully saturated rings. The van der Waals surface area contributed by atoms with Gasteiger partial charge in [-0.25, -0.2) is 4.39 Å². The highest BCUT2D eigenvalue weighted by Gasteiger charge is 2.00. The van der Waals surface area contributed by atoms with Crippen LogP contribution in [0.25, 0.3) is 11.3 Å². The Morgan fingerprint density at radius 3 is 2.77 bits per heavy atom. The van der Waals surface area contributed by atoms with Gasteiger partial charge in [0.2, 0.25) is 0 Å². The average Bonchev–Trinajstić information content (AvgIpc) is 2.52. The van der Waals surface area contributed by atoms with Gasteiger partial charge in [0.1, 0.15) is 5.82 Å². The van der Waals surface area contributed by atoms with E-state index in [9.17, 15) is 4.39 Å². The monoisotopic (exact) mass is 176 g/mol. The number of hydrogen-bond acceptors (Lipinski definition) is 1. The minimum Gasteiger partial charge on any atom is -0.275 e. The third-order valence-electron chi connectivity index (χ3n) is 1.83. The van der Waals surface area contributed by atoms with Crippen LogP contribution in [0.15, 0.2) is 36.5 Å². The Labute approximate surface area is 75.6 Å². The molecule has 0 atom stereocenters. The van der Waals surface area contributed by atoms with Crippen LogP contribution in [0, 0.1) is 5.82 Å². The fourth-order valence-electron chi connectivity index (χ4n) is 1.22. The summed E-state index contributed by atoms with van der Waals surface area (Å²) in [6.45, 7) is 0. The van der Waals surface area contributed by atoms with Gasteiger partial charge in [0.25, 0.3) is 0 Å². The summed E-state index contributed by atoms with van der Waals surface area (Å²) in [4.78, 5) is 0. The third kappa shape index (κ3) is 1.59. The Bertz CT molecular complexity index is 420. The molecule has 13 heavy (non-hydrogen) atoms. The van der Waals surface area contributed by atoms with Gasteiger partial charge in [0, 0.05) is 18.8 Å². The maximum atomic E-state index is 12.8. The normalized spacial score (nSPS) is 10.3. The first-order valence-electron chi connectivity index (χ1n) is 4.01. The van der Waals surface area contributed by atoms with E-state index in [1.807, 2.05) is 25.4 Å². The summed E-state index contributed by atoms with van der Waals surface area (Å²) in [5, 5.41) is 4.17. The molecule has 3 heteroatoms. The molecular weight excluding hydrogens is 167 g/mol. The summed E-state index contributed by atoms with van der Waals surface area (Å²) >= 11 is 0. The molecule has 0 saturated carbocycles. The van der Waals surface area contributed by atoms with Crippen molar-refractivity contribution in [1.82, 2.24) is 9.78 Å². The molecule has 1 aromatic heterocycles. The van der Waals surface area contributed by atoms with Crippen LogP contribution < -0.4 is 0 Å². The second-order valence-electron chi connectivity index (χ2n) is 2.88. The molecule has 0 spiro atoms. The van der Waals surface area contributed by atoms with Gasteiger partial charge in [-0.2, -0.15) is 5.10 Å². The number of halogens is 1. The zero-order chi connectivity index (χ0) is 9.26. The molecule has 0 bridgehead atoms. The van der Waals surface area contributed by atoms with Gasteiger partial charge in [0.05, 0.1) is 5.69 Å². The largest absolute Gasteiger partial charge is 0.275 e. The second-order valence-corrected chi connectivity index (χ2v) is 2.88. The minimum absolute atomic E-state index is 0.233. The van der Waals surface area contributed by atoms with Crippen LogP contribution in [0.5, 0.6) is 0 Å². The predicted molar refractivity (Wildman–Crippen MR) is 48.6 cm³/mol. The summed E-state index contributed by atoms with van der Waals surface area (Å²) < 4.78 is 14.5. The molecule has 2 nitrogen and oxygen atoms in total. The van der Waals surface area contributed by atoms with Gasteiger partial charge in [-0.05, 0) is 18.2 Å². The van der Waals surface area contributed by atoms with Crippen LogP contribution in [0.2, 0.25) is 0 Å². The molecule has 1 aromatic carbocycles. The first-order chi connectivity index (χ1) is 6.25. The summed E-state index contributed by atoms with van der Waals surface area (Å²) in [5.74, 6) is -0.233. The van der Waals surface area contributed by atoms with Crippen LogP contribution in [0.4, 0.5) is 4.39 Å². The lowest BCUT2D eigenvalue weighted by Crippen LogP contribution is -1.88. The quantitative estimate of drug-likeness (QED) is 0.651. The molecule has 1 heterocycles. The lowest BCUT2D eigenvalue weighted by atomic mass is 10.1. The maximum absolute atomic E-state index is 12.8. The van der Waals surface area contributed by atoms with Crippen LogP contribution >= 0.6 is 0 Å². The highest BCUT2D eigenvalue weighted by Crippen LogP contribution is 2.16. The number of hydrogen-bond donors (Lipinski definition) is 0. The Morgan fingerprint density at radius 2 is 2.15 bits per heavy atom. The van der Waals surface area contributed by atoms with Gasteiger partial charge in [-0.15, -0.1) is 0 Å². The first-order valence-corrected chi connectivity index (χ1v) is 4.01. The van der Waals surface area contributed by atoms with Crippen molar-refractivity contribution in [1.29, 1.82) is 0 Å². The first kappa shape index (κ1) is 7.98. The number of nitrogens with zero attached hydrogens (tertiary/aromatic N) is 2. The highest BCUT2D eigenvalue weighted by molar-refractivity contribution is 5.58. The Hall–Kier alpha value is -1.64. The number of aryl methyl sites for hydroxylation is 1. The van der Waals surface area contributed by atoms with E-state index >= 15 is 0 Å². The van der Waals surface area contributed by atoms with Crippen LogP contribution in [-0.4, -0.2) is 9.78 Å². The summed E-state index contributed by atoms with van der Waals surface area (Å²) in [7, 11) is 1.84. The smallest absolute Gasteiger partial charge is 0.123 e. The standard InChI is InChI=1S/C10H9FN2/c1-13-6-5-10(12-13)8-3-2-4-9(11)7-8/h2-7H,1H3. The van der Waals surface area contributed by atoms with Crippen molar-refractivity contribution >= 4 is 0 Å². The lowest BCUT2D eigenvalue weighted by Gasteiger charge is -1.95. The molecular formula is C10H9FN2. The average molecular weight is 176 g/mol. The summed E-state index contributed by atoms with van der Waals surface area (Å²) in [6, 6.07) is 8.27. The molecule has 66 valence electrons. The Kier molecular flexibility index (Phi) is 1.85. The van der Waals surface area contributed by atoms with Crippen molar-refractivity contribution in [2.45, 2.75) is 0 Å². The zero-order valence-corrected chi connectivity index (χ0v) is 7.24. The number of benzene rings is 1. The molecule has 0 aliphatic carbocycles. The van der Waals surface area contributed by atoms with Crippen molar-refractivity contribution in [3.63, 3.8) is 0 Å². The van der Waals surface area contributed by atoms with E-state index in [1.165, 1.54) is 12.1 Å². The topological polar surface area (TPSA) is 17.8 Å². The Morgan fingerprint density at radius 1 is 1.31 bits per heavy atom. The van der Waals surface area contributed by atoms with Crippen LogP contribution in [0.1, 0.15) is 0 Å². The van der Waals surface area contributed by atoms with E-state index in [2.05, 4.69) is 5.10 Å². The van der Waals surface area contributed by atoms with Crippen LogP contribution in [0.3, 0.4) is 0 Å². The van der Waals surface area contributed by atoms with Crippen molar-refractivity contribution in [3.05, 3.63) is 42.3 Å². The van der Waals surface area contributed by atoms with Crippen molar-refractivity contribution in [2.75, 3.05) is 0 Å². The summed E-state index contributed by atoms with van der Waals surface area (Å²) in [5.41, 5.74) is 1.60. The fraction of sp³-hybridized carbons (Fsp3) is 0.100. The fourth-order valence-corrected chi connectivity index (χ4v) is 1.22. The molecule has 0 aliphatic heterocycles. The second kappa shape index (κ2) is 3.01. The predicted octanol–water partition coefficient (Wildman–Crippen LogP) is 2.23. The third-order valence-corrected chi connectivity index (χ3v) is 1.83. The molecule has 0 saturated heterocycles. The van der Waals surface area contributed by atoms with Crippen LogP contribution in [-0.2, 0) is 7.05 Å². The SMILES string of the molecule is Cn1ccc(-c2cccc(F)c2)n1. The summed E-state index contributed by atoms with van der Waals surface area (Å²) in [6.07, 6.45) is 1.83. The minimum atomic E-state index is -0.233. The van der Waals surface area contributed by atoms with Gasteiger partial charge in [-0.1, -0.05) is 12.1 Å². The van der Waals surface area contributed by atoms with Gasteiger partial charge < -0.3 is 0 Å². The van der Waals surface area contributed by atoms with E-state index < -0.39 is 0 Å². The number of aromatic nitrogens is 2. The van der Waals surface area contributed by atoms with E-state index in [-0.39, 0.29) is 5.82 Å². The van der Waals surface area contributed by atoms with Crippen molar-refractivity contribution in [3.8, 4) is 11.3 Å².